The molecule has 0 saturated carbocycles. The van der Waals surface area contributed by atoms with Gasteiger partial charge in [-0.25, -0.2) is 0 Å². The second-order valence-corrected chi connectivity index (χ2v) is 5.73. The van der Waals surface area contributed by atoms with E-state index in [4.69, 9.17) is 0 Å². The minimum absolute atomic E-state index is 0.0570. The van der Waals surface area contributed by atoms with Crippen LogP contribution in [0.2, 0.25) is 0 Å². The van der Waals surface area contributed by atoms with Gasteiger partial charge in [0.1, 0.15) is 0 Å². The van der Waals surface area contributed by atoms with Gasteiger partial charge in [-0.3, -0.25) is 4.79 Å². The van der Waals surface area contributed by atoms with Crippen molar-refractivity contribution in [2.45, 2.75) is 45.1 Å². The van der Waals surface area contributed by atoms with Crippen LogP contribution in [0.4, 0.5) is 0 Å². The van der Waals surface area contributed by atoms with Crippen LogP contribution in [0, 0.1) is 0 Å². The van der Waals surface area contributed by atoms with Gasteiger partial charge >= 0.3 is 0 Å². The quantitative estimate of drug-likeness (QED) is 0.596. The number of nitrogens with one attached hydrogen (secondary N) is 2. The summed E-state index contributed by atoms with van der Waals surface area (Å²) in [6, 6.07) is 10.1. The predicted octanol–water partition coefficient (Wildman–Crippen LogP) is 3.34. The predicted molar refractivity (Wildman–Crippen MR) is 87.0 cm³/mol. The van der Waals surface area contributed by atoms with Crippen molar-refractivity contribution in [3.63, 3.8) is 0 Å². The van der Waals surface area contributed by atoms with Crippen molar-refractivity contribution in [2.75, 3.05) is 13.1 Å². The molecular formula is C18H26N2O. The lowest BCUT2D eigenvalue weighted by atomic mass is 9.97. The van der Waals surface area contributed by atoms with Gasteiger partial charge < -0.3 is 10.6 Å². The summed E-state index contributed by atoms with van der Waals surface area (Å²) in [6.45, 7) is 3.30. The number of hydrogen-bond acceptors (Lipinski definition) is 2. The molecule has 3 heteroatoms. The van der Waals surface area contributed by atoms with Gasteiger partial charge in [0, 0.05) is 0 Å². The second kappa shape index (κ2) is 8.63. The molecule has 0 saturated heterocycles. The van der Waals surface area contributed by atoms with E-state index in [2.05, 4.69) is 16.7 Å². The van der Waals surface area contributed by atoms with Crippen molar-refractivity contribution in [1.82, 2.24) is 10.6 Å². The van der Waals surface area contributed by atoms with Crippen LogP contribution in [0.15, 0.2) is 42.0 Å². The van der Waals surface area contributed by atoms with E-state index < -0.39 is 0 Å². The lowest BCUT2D eigenvalue weighted by molar-refractivity contribution is -0.120. The van der Waals surface area contributed by atoms with Gasteiger partial charge in [-0.2, -0.15) is 0 Å². The topological polar surface area (TPSA) is 41.1 Å². The van der Waals surface area contributed by atoms with E-state index in [0.29, 0.717) is 6.54 Å². The maximum atomic E-state index is 11.9. The normalized spacial score (nSPS) is 16.1. The Morgan fingerprint density at radius 1 is 1.24 bits per heavy atom. The van der Waals surface area contributed by atoms with Crippen molar-refractivity contribution in [3.8, 4) is 0 Å². The smallest absolute Gasteiger partial charge is 0.234 e. The zero-order chi connectivity index (χ0) is 14.9. The second-order valence-electron chi connectivity index (χ2n) is 5.73. The fourth-order valence-electron chi connectivity index (χ4n) is 2.70. The van der Waals surface area contributed by atoms with Crippen LogP contribution in [0.25, 0.3) is 0 Å². The van der Waals surface area contributed by atoms with Gasteiger partial charge in [-0.1, -0.05) is 42.0 Å². The molecule has 1 atom stereocenters. The Hall–Kier alpha value is -1.61. The number of carbonyl (C=O) groups is 1. The molecule has 1 aliphatic rings. The molecule has 0 radical (unpaired) electrons. The lowest BCUT2D eigenvalue weighted by Gasteiger charge is -2.15. The molecule has 2 rings (SSSR count). The van der Waals surface area contributed by atoms with Crippen LogP contribution in [0.3, 0.4) is 0 Å². The molecule has 0 fully saturated rings. The zero-order valence-corrected chi connectivity index (χ0v) is 12.9. The molecule has 0 aliphatic heterocycles. The first-order valence-electron chi connectivity index (χ1n) is 7.98. The highest BCUT2D eigenvalue weighted by Gasteiger charge is 2.09. The van der Waals surface area contributed by atoms with Crippen LogP contribution in [-0.4, -0.2) is 19.0 Å². The Bertz CT molecular complexity index is 467. The Kier molecular flexibility index (Phi) is 6.48. The SMILES string of the molecule is CC(NC(=O)CNCCC1=CCCCC1)c1ccccc1. The van der Waals surface area contributed by atoms with Crippen molar-refractivity contribution in [1.29, 1.82) is 0 Å². The fourth-order valence-corrected chi connectivity index (χ4v) is 2.70. The van der Waals surface area contributed by atoms with Crippen LogP contribution < -0.4 is 10.6 Å². The van der Waals surface area contributed by atoms with E-state index in [1.807, 2.05) is 37.3 Å². The molecule has 114 valence electrons. The van der Waals surface area contributed by atoms with E-state index in [9.17, 15) is 4.79 Å². The largest absolute Gasteiger partial charge is 0.348 e. The number of hydrogen-bond donors (Lipinski definition) is 2. The molecule has 21 heavy (non-hydrogen) atoms. The van der Waals surface area contributed by atoms with Gasteiger partial charge in [0.15, 0.2) is 0 Å². The lowest BCUT2D eigenvalue weighted by Crippen LogP contribution is -2.35. The van der Waals surface area contributed by atoms with Crippen LogP contribution in [0.5, 0.6) is 0 Å². The summed E-state index contributed by atoms with van der Waals surface area (Å²) < 4.78 is 0. The summed E-state index contributed by atoms with van der Waals surface area (Å²) >= 11 is 0. The molecule has 0 heterocycles. The number of benzene rings is 1. The number of carbonyl (C=O) groups excluding carboxylic acids is 1. The number of rotatable bonds is 7. The van der Waals surface area contributed by atoms with Gasteiger partial charge in [-0.05, 0) is 51.1 Å². The Labute approximate surface area is 127 Å². The van der Waals surface area contributed by atoms with E-state index >= 15 is 0 Å². The molecule has 0 spiro atoms. The van der Waals surface area contributed by atoms with E-state index in [0.717, 1.165) is 18.5 Å². The van der Waals surface area contributed by atoms with Crippen molar-refractivity contribution >= 4 is 5.91 Å². The number of allylic oxidation sites excluding steroid dienone is 1. The van der Waals surface area contributed by atoms with E-state index in [1.54, 1.807) is 5.57 Å². The molecular weight excluding hydrogens is 260 g/mol. The van der Waals surface area contributed by atoms with Gasteiger partial charge in [-0.15, -0.1) is 0 Å². The molecule has 1 amide bonds. The van der Waals surface area contributed by atoms with Crippen LogP contribution in [0.1, 0.15) is 50.6 Å². The van der Waals surface area contributed by atoms with E-state index in [-0.39, 0.29) is 11.9 Å². The monoisotopic (exact) mass is 286 g/mol. The van der Waals surface area contributed by atoms with Gasteiger partial charge in [0.05, 0.1) is 12.6 Å². The molecule has 1 aromatic carbocycles. The van der Waals surface area contributed by atoms with E-state index in [1.165, 1.54) is 25.7 Å². The summed E-state index contributed by atoms with van der Waals surface area (Å²) in [4.78, 5) is 11.9. The highest BCUT2D eigenvalue weighted by atomic mass is 16.1. The first-order chi connectivity index (χ1) is 10.3. The molecule has 1 aliphatic carbocycles. The molecule has 3 nitrogen and oxygen atoms in total. The van der Waals surface area contributed by atoms with Crippen LogP contribution in [-0.2, 0) is 4.79 Å². The summed E-state index contributed by atoms with van der Waals surface area (Å²) in [5, 5.41) is 6.25. The Morgan fingerprint density at radius 3 is 2.76 bits per heavy atom. The minimum Gasteiger partial charge on any atom is -0.348 e. The molecule has 2 N–H and O–H groups in total. The standard InChI is InChI=1S/C18H26N2O/c1-15(17-10-6-3-7-11-17)20-18(21)14-19-13-12-16-8-4-2-5-9-16/h3,6-8,10-11,15,19H,2,4-5,9,12-14H2,1H3,(H,20,21). The highest BCUT2D eigenvalue weighted by molar-refractivity contribution is 5.78. The fraction of sp³-hybridized carbons (Fsp3) is 0.500. The van der Waals surface area contributed by atoms with Crippen molar-refractivity contribution < 1.29 is 4.79 Å². The maximum Gasteiger partial charge on any atom is 0.234 e. The number of amides is 1. The zero-order valence-electron chi connectivity index (χ0n) is 12.9. The van der Waals surface area contributed by atoms with Crippen LogP contribution >= 0.6 is 0 Å². The Balaban J connectivity index is 1.62. The minimum atomic E-state index is 0.0570. The maximum absolute atomic E-state index is 11.9. The highest BCUT2D eigenvalue weighted by Crippen LogP contribution is 2.19. The third-order valence-electron chi connectivity index (χ3n) is 3.97. The molecule has 0 bridgehead atoms. The summed E-state index contributed by atoms with van der Waals surface area (Å²) in [6.07, 6.45) is 8.55. The average molecular weight is 286 g/mol. The van der Waals surface area contributed by atoms with Gasteiger partial charge in [0.2, 0.25) is 5.91 Å². The third kappa shape index (κ3) is 5.72. The molecule has 1 unspecified atom stereocenters. The molecule has 1 aromatic rings. The van der Waals surface area contributed by atoms with Gasteiger partial charge in [0.25, 0.3) is 0 Å². The molecule has 0 aromatic heterocycles. The summed E-state index contributed by atoms with van der Waals surface area (Å²) in [5.74, 6) is 0.0592. The Morgan fingerprint density at radius 2 is 2.05 bits per heavy atom. The van der Waals surface area contributed by atoms with Crippen molar-refractivity contribution in [2.24, 2.45) is 0 Å². The summed E-state index contributed by atoms with van der Waals surface area (Å²) in [7, 11) is 0. The van der Waals surface area contributed by atoms with Crippen molar-refractivity contribution in [3.05, 3.63) is 47.5 Å². The first-order valence-corrected chi connectivity index (χ1v) is 7.98. The third-order valence-corrected chi connectivity index (χ3v) is 3.97. The summed E-state index contributed by atoms with van der Waals surface area (Å²) in [5.41, 5.74) is 2.69. The first kappa shape index (κ1) is 15.8. The average Bonchev–Trinajstić information content (AvgIpc) is 2.53.